The third-order valence-electron chi connectivity index (χ3n) is 4.97. The second kappa shape index (κ2) is 9.56. The Morgan fingerprint density at radius 1 is 1.10 bits per heavy atom. The fourth-order valence-corrected chi connectivity index (χ4v) is 2.92. The second-order valence-corrected chi connectivity index (χ2v) is 7.81. The van der Waals surface area contributed by atoms with Gasteiger partial charge in [-0.2, -0.15) is 0 Å². The third kappa shape index (κ3) is 6.32. The first-order chi connectivity index (χ1) is 13.9. The van der Waals surface area contributed by atoms with Crippen LogP contribution in [0.4, 0.5) is 5.69 Å². The number of carbonyl (C=O) groups excluding carboxylic acids is 2. The maximum atomic E-state index is 12.1. The number of carbonyl (C=O) groups is 2. The van der Waals surface area contributed by atoms with Crippen molar-refractivity contribution in [2.45, 2.75) is 38.6 Å². The molecule has 0 radical (unpaired) electrons. The summed E-state index contributed by atoms with van der Waals surface area (Å²) in [7, 11) is 0. The molecule has 1 unspecified atom stereocenters. The van der Waals surface area contributed by atoms with Gasteiger partial charge in [0.1, 0.15) is 5.75 Å². The molecule has 2 amide bonds. The molecule has 1 aliphatic rings. The van der Waals surface area contributed by atoms with Crippen molar-refractivity contribution in [1.82, 2.24) is 5.32 Å². The molecule has 1 aliphatic carbocycles. The van der Waals surface area contributed by atoms with E-state index >= 15 is 0 Å². The third-order valence-corrected chi connectivity index (χ3v) is 4.97. The van der Waals surface area contributed by atoms with Crippen LogP contribution in [0, 0.1) is 5.92 Å². The summed E-state index contributed by atoms with van der Waals surface area (Å²) >= 11 is 0. The van der Waals surface area contributed by atoms with Crippen LogP contribution < -0.4 is 21.1 Å². The lowest BCUT2D eigenvalue weighted by molar-refractivity contribution is -0.123. The van der Waals surface area contributed by atoms with Gasteiger partial charge in [0.2, 0.25) is 5.91 Å². The Morgan fingerprint density at radius 2 is 1.79 bits per heavy atom. The Hall–Kier alpha value is -2.86. The molecule has 0 aliphatic heterocycles. The monoisotopic (exact) mass is 395 g/mol. The highest BCUT2D eigenvalue weighted by Gasteiger charge is 2.29. The van der Waals surface area contributed by atoms with Crippen LogP contribution in [0.25, 0.3) is 0 Å². The maximum Gasteiger partial charge on any atom is 0.258 e. The fraction of sp³-hybridized carbons (Fsp3) is 0.391. The molecular formula is C23H29N3O3. The van der Waals surface area contributed by atoms with Gasteiger partial charge in [-0.3, -0.25) is 9.59 Å². The highest BCUT2D eigenvalue weighted by atomic mass is 16.5. The number of benzene rings is 2. The lowest BCUT2D eigenvalue weighted by Crippen LogP contribution is -2.35. The van der Waals surface area contributed by atoms with Crippen LogP contribution in [0.15, 0.2) is 48.5 Å². The minimum atomic E-state index is -0.277. The molecule has 0 spiro atoms. The van der Waals surface area contributed by atoms with E-state index in [0.717, 1.165) is 18.4 Å². The van der Waals surface area contributed by atoms with Gasteiger partial charge in [-0.1, -0.05) is 44.2 Å². The van der Waals surface area contributed by atoms with Crippen LogP contribution in [0.5, 0.6) is 5.75 Å². The topological polar surface area (TPSA) is 93.4 Å². The zero-order valence-corrected chi connectivity index (χ0v) is 17.0. The summed E-state index contributed by atoms with van der Waals surface area (Å²) in [6, 6.07) is 14.9. The molecule has 1 atom stereocenters. The van der Waals surface area contributed by atoms with E-state index in [1.54, 1.807) is 24.3 Å². The molecule has 1 fully saturated rings. The van der Waals surface area contributed by atoms with Crippen LogP contribution in [0.3, 0.4) is 0 Å². The van der Waals surface area contributed by atoms with Crippen molar-refractivity contribution in [3.8, 4) is 5.75 Å². The van der Waals surface area contributed by atoms with Gasteiger partial charge in [0.15, 0.2) is 6.61 Å². The van der Waals surface area contributed by atoms with Gasteiger partial charge >= 0.3 is 0 Å². The van der Waals surface area contributed by atoms with Crippen molar-refractivity contribution in [1.29, 1.82) is 0 Å². The number of nitrogens with two attached hydrogens (primary N) is 1. The number of nitrogens with one attached hydrogen (secondary N) is 2. The molecule has 6 nitrogen and oxygen atoms in total. The smallest absolute Gasteiger partial charge is 0.258 e. The number of ether oxygens (including phenoxy) is 1. The molecule has 29 heavy (non-hydrogen) atoms. The summed E-state index contributed by atoms with van der Waals surface area (Å²) in [4.78, 5) is 23.9. The fourth-order valence-electron chi connectivity index (χ4n) is 2.92. The number of anilines is 1. The lowest BCUT2D eigenvalue weighted by atomic mass is 9.99. The predicted octanol–water partition coefficient (Wildman–Crippen LogP) is 3.35. The van der Waals surface area contributed by atoms with Crippen LogP contribution in [-0.4, -0.2) is 25.0 Å². The van der Waals surface area contributed by atoms with Crippen molar-refractivity contribution in [2.24, 2.45) is 11.7 Å². The average Bonchev–Trinajstić information content (AvgIpc) is 3.56. The van der Waals surface area contributed by atoms with Gasteiger partial charge in [0, 0.05) is 30.3 Å². The number of amides is 2. The van der Waals surface area contributed by atoms with Gasteiger partial charge < -0.3 is 21.1 Å². The normalized spacial score (nSPS) is 14.3. The van der Waals surface area contributed by atoms with E-state index in [1.165, 1.54) is 5.56 Å². The summed E-state index contributed by atoms with van der Waals surface area (Å²) in [6.45, 7) is 4.51. The Balaban J connectivity index is 1.43. The van der Waals surface area contributed by atoms with Gasteiger partial charge in [0.05, 0.1) is 0 Å². The molecule has 0 saturated heterocycles. The summed E-state index contributed by atoms with van der Waals surface area (Å²) < 4.78 is 5.54. The highest BCUT2D eigenvalue weighted by molar-refractivity contribution is 5.94. The van der Waals surface area contributed by atoms with Crippen LogP contribution in [-0.2, 0) is 9.59 Å². The first-order valence-corrected chi connectivity index (χ1v) is 10.1. The number of rotatable bonds is 9. The molecule has 6 heteroatoms. The summed E-state index contributed by atoms with van der Waals surface area (Å²) in [5.41, 5.74) is 9.09. The van der Waals surface area contributed by atoms with Crippen molar-refractivity contribution >= 4 is 17.5 Å². The zero-order valence-electron chi connectivity index (χ0n) is 17.0. The van der Waals surface area contributed by atoms with Gasteiger partial charge in [-0.25, -0.2) is 0 Å². The molecule has 0 bridgehead atoms. The van der Waals surface area contributed by atoms with E-state index in [1.807, 2.05) is 12.1 Å². The second-order valence-electron chi connectivity index (χ2n) is 7.81. The molecule has 4 N–H and O–H groups in total. The molecular weight excluding hydrogens is 366 g/mol. The van der Waals surface area contributed by atoms with E-state index in [9.17, 15) is 9.59 Å². The molecule has 154 valence electrons. The Kier molecular flexibility index (Phi) is 6.88. The van der Waals surface area contributed by atoms with Crippen LogP contribution in [0.2, 0.25) is 0 Å². The average molecular weight is 396 g/mol. The Morgan fingerprint density at radius 3 is 2.45 bits per heavy atom. The first-order valence-electron chi connectivity index (χ1n) is 10.1. The molecule has 0 heterocycles. The van der Waals surface area contributed by atoms with Gasteiger partial charge in [-0.05, 0) is 42.0 Å². The van der Waals surface area contributed by atoms with E-state index in [2.05, 4.69) is 36.6 Å². The van der Waals surface area contributed by atoms with E-state index in [4.69, 9.17) is 10.5 Å². The highest BCUT2D eigenvalue weighted by Crippen LogP contribution is 2.30. The molecule has 2 aromatic carbocycles. The summed E-state index contributed by atoms with van der Waals surface area (Å²) in [5.74, 6) is 0.929. The summed E-state index contributed by atoms with van der Waals surface area (Å²) in [5, 5.41) is 5.66. The minimum Gasteiger partial charge on any atom is -0.484 e. The Bertz CT molecular complexity index is 845. The summed E-state index contributed by atoms with van der Waals surface area (Å²) in [6.07, 6.45) is 1.90. The van der Waals surface area contributed by atoms with Crippen LogP contribution >= 0.6 is 0 Å². The molecule has 2 aromatic rings. The van der Waals surface area contributed by atoms with Crippen molar-refractivity contribution in [2.75, 3.05) is 18.5 Å². The predicted molar refractivity (Wildman–Crippen MR) is 114 cm³/mol. The number of hydrogen-bond acceptors (Lipinski definition) is 4. The lowest BCUT2D eigenvalue weighted by Gasteiger charge is -2.15. The quantitative estimate of drug-likeness (QED) is 0.607. The SMILES string of the molecule is CC(C)c1ccc(C(N)CNC(=O)COc2cccc(NC(=O)C3CC3)c2)cc1. The van der Waals surface area contributed by atoms with Crippen LogP contribution in [0.1, 0.15) is 49.8 Å². The standard InChI is InChI=1S/C23H29N3O3/c1-15(2)16-6-8-17(9-7-16)21(24)13-25-22(27)14-29-20-5-3-4-19(12-20)26-23(28)18-10-11-18/h3-9,12,15,18,21H,10-11,13-14,24H2,1-2H3,(H,25,27)(H,26,28). The van der Waals surface area contributed by atoms with E-state index < -0.39 is 0 Å². The van der Waals surface area contributed by atoms with Gasteiger partial charge in [-0.15, -0.1) is 0 Å². The first kappa shape index (κ1) is 20.9. The molecule has 0 aromatic heterocycles. The van der Waals surface area contributed by atoms with Crippen molar-refractivity contribution < 1.29 is 14.3 Å². The van der Waals surface area contributed by atoms with Crippen molar-refractivity contribution in [3.63, 3.8) is 0 Å². The van der Waals surface area contributed by atoms with Crippen molar-refractivity contribution in [3.05, 3.63) is 59.7 Å². The number of hydrogen-bond donors (Lipinski definition) is 3. The Labute approximate surface area is 171 Å². The van der Waals surface area contributed by atoms with E-state index in [-0.39, 0.29) is 30.4 Å². The molecule has 3 rings (SSSR count). The largest absolute Gasteiger partial charge is 0.484 e. The van der Waals surface area contributed by atoms with Gasteiger partial charge in [0.25, 0.3) is 5.91 Å². The maximum absolute atomic E-state index is 12.1. The molecule has 1 saturated carbocycles. The van der Waals surface area contributed by atoms with E-state index in [0.29, 0.717) is 23.9 Å². The zero-order chi connectivity index (χ0) is 20.8. The minimum absolute atomic E-state index is 0.0373.